The summed E-state index contributed by atoms with van der Waals surface area (Å²) in [6.45, 7) is 1.40. The summed E-state index contributed by atoms with van der Waals surface area (Å²) in [5, 5.41) is 5.09. The zero-order valence-corrected chi connectivity index (χ0v) is 17.0. The molecule has 7 heteroatoms. The van der Waals surface area contributed by atoms with Crippen LogP contribution in [0.4, 0.5) is 11.6 Å². The normalized spacial score (nSPS) is 14.5. The molecule has 0 aliphatic carbocycles. The number of fused-ring (bicyclic) bond motifs is 1. The summed E-state index contributed by atoms with van der Waals surface area (Å²) in [6, 6.07) is 15.6. The first kappa shape index (κ1) is 19.1. The third-order valence-corrected chi connectivity index (χ3v) is 5.68. The summed E-state index contributed by atoms with van der Waals surface area (Å²) in [4.78, 5) is 32.4. The molecular formula is C24H22N6O. The highest BCUT2D eigenvalue weighted by molar-refractivity contribution is 6.05. The third kappa shape index (κ3) is 4.07. The van der Waals surface area contributed by atoms with Crippen LogP contribution in [0.3, 0.4) is 0 Å². The van der Waals surface area contributed by atoms with E-state index in [0.29, 0.717) is 30.6 Å². The van der Waals surface area contributed by atoms with E-state index in [-0.39, 0.29) is 5.91 Å². The van der Waals surface area contributed by atoms with Crippen LogP contribution in [-0.2, 0) is 0 Å². The molecule has 0 saturated carbocycles. The molecule has 1 amide bonds. The van der Waals surface area contributed by atoms with Crippen molar-refractivity contribution in [2.24, 2.45) is 0 Å². The number of rotatable bonds is 4. The number of anilines is 2. The van der Waals surface area contributed by atoms with Gasteiger partial charge in [0.25, 0.3) is 5.91 Å². The summed E-state index contributed by atoms with van der Waals surface area (Å²) >= 11 is 0. The number of hydrogen-bond acceptors (Lipinski definition) is 6. The van der Waals surface area contributed by atoms with Crippen molar-refractivity contribution in [2.45, 2.75) is 18.8 Å². The minimum absolute atomic E-state index is 0.00520. The van der Waals surface area contributed by atoms with E-state index in [4.69, 9.17) is 0 Å². The van der Waals surface area contributed by atoms with Crippen LogP contribution in [0.2, 0.25) is 0 Å². The maximum Gasteiger partial charge on any atom is 0.273 e. The van der Waals surface area contributed by atoms with Gasteiger partial charge < -0.3 is 10.2 Å². The summed E-state index contributed by atoms with van der Waals surface area (Å²) in [6.07, 6.45) is 8.68. The summed E-state index contributed by atoms with van der Waals surface area (Å²) in [5.41, 5.74) is 2.44. The number of aromatic nitrogens is 4. The van der Waals surface area contributed by atoms with Crippen LogP contribution in [0, 0.1) is 0 Å². The van der Waals surface area contributed by atoms with Crippen molar-refractivity contribution in [2.75, 3.05) is 18.4 Å². The molecule has 0 bridgehead atoms. The molecule has 3 aromatic heterocycles. The highest BCUT2D eigenvalue weighted by Gasteiger charge is 2.26. The molecule has 1 fully saturated rings. The van der Waals surface area contributed by atoms with Crippen molar-refractivity contribution in [3.8, 4) is 0 Å². The standard InChI is InChI=1S/C24H22N6O/c31-23(22-20-5-2-1-4-17(20)8-13-25-22)30-14-9-18(10-15-30)21-7-6-19(16-28-21)29-24-26-11-3-12-27-24/h1-8,11-13,16,18H,9-10,14-15H2,(H,26,27,29). The molecule has 154 valence electrons. The average Bonchev–Trinajstić information content (AvgIpc) is 2.84. The third-order valence-electron chi connectivity index (χ3n) is 5.68. The lowest BCUT2D eigenvalue weighted by atomic mass is 9.92. The predicted octanol–water partition coefficient (Wildman–Crippen LogP) is 4.18. The van der Waals surface area contributed by atoms with E-state index >= 15 is 0 Å². The van der Waals surface area contributed by atoms with Crippen LogP contribution in [0.5, 0.6) is 0 Å². The summed E-state index contributed by atoms with van der Waals surface area (Å²) < 4.78 is 0. The first-order valence-corrected chi connectivity index (χ1v) is 10.4. The molecule has 1 aliphatic rings. The second-order valence-electron chi connectivity index (χ2n) is 7.62. The maximum atomic E-state index is 13.1. The SMILES string of the molecule is O=C(c1nccc2ccccc12)N1CCC(c2ccc(Nc3ncccn3)cn2)CC1. The second-order valence-corrected chi connectivity index (χ2v) is 7.62. The number of carbonyl (C=O) groups is 1. The maximum absolute atomic E-state index is 13.1. The van der Waals surface area contributed by atoms with Crippen LogP contribution in [0.1, 0.15) is 34.9 Å². The lowest BCUT2D eigenvalue weighted by Crippen LogP contribution is -2.38. The van der Waals surface area contributed by atoms with Crippen molar-refractivity contribution >= 4 is 28.3 Å². The average molecular weight is 410 g/mol. The van der Waals surface area contributed by atoms with E-state index in [9.17, 15) is 4.79 Å². The monoisotopic (exact) mass is 410 g/mol. The predicted molar refractivity (Wildman–Crippen MR) is 119 cm³/mol. The molecule has 0 radical (unpaired) electrons. The zero-order valence-electron chi connectivity index (χ0n) is 17.0. The molecule has 0 spiro atoms. The van der Waals surface area contributed by atoms with Crippen LogP contribution in [0.25, 0.3) is 10.8 Å². The molecule has 0 unspecified atom stereocenters. The Kier molecular flexibility index (Phi) is 5.22. The Hall–Kier alpha value is -3.87. The number of benzene rings is 1. The van der Waals surface area contributed by atoms with Crippen LogP contribution in [-0.4, -0.2) is 43.8 Å². The Morgan fingerprint density at radius 3 is 2.45 bits per heavy atom. The fourth-order valence-electron chi connectivity index (χ4n) is 4.03. The van der Waals surface area contributed by atoms with Crippen molar-refractivity contribution in [3.63, 3.8) is 0 Å². The molecule has 31 heavy (non-hydrogen) atoms. The topological polar surface area (TPSA) is 83.9 Å². The lowest BCUT2D eigenvalue weighted by Gasteiger charge is -2.31. The van der Waals surface area contributed by atoms with Crippen LogP contribution >= 0.6 is 0 Å². The molecule has 0 atom stereocenters. The van der Waals surface area contributed by atoms with E-state index in [0.717, 1.165) is 35.0 Å². The van der Waals surface area contributed by atoms with Crippen molar-refractivity contribution in [1.29, 1.82) is 0 Å². The number of nitrogens with one attached hydrogen (secondary N) is 1. The molecule has 5 rings (SSSR count). The van der Waals surface area contributed by atoms with Crippen molar-refractivity contribution in [1.82, 2.24) is 24.8 Å². The molecule has 7 nitrogen and oxygen atoms in total. The van der Waals surface area contributed by atoms with Gasteiger partial charge in [-0.15, -0.1) is 0 Å². The van der Waals surface area contributed by atoms with Gasteiger partial charge in [-0.25, -0.2) is 9.97 Å². The van der Waals surface area contributed by atoms with E-state index in [2.05, 4.69) is 25.3 Å². The molecule has 1 aliphatic heterocycles. The number of piperidine rings is 1. The fourth-order valence-corrected chi connectivity index (χ4v) is 4.03. The van der Waals surface area contributed by atoms with Gasteiger partial charge in [-0.3, -0.25) is 14.8 Å². The van der Waals surface area contributed by atoms with Gasteiger partial charge in [-0.1, -0.05) is 24.3 Å². The first-order valence-electron chi connectivity index (χ1n) is 10.4. The van der Waals surface area contributed by atoms with Gasteiger partial charge in [-0.2, -0.15) is 0 Å². The van der Waals surface area contributed by atoms with Gasteiger partial charge in [0.15, 0.2) is 0 Å². The Bertz CT molecular complexity index is 1180. The quantitative estimate of drug-likeness (QED) is 0.543. The minimum Gasteiger partial charge on any atom is -0.337 e. The fraction of sp³-hybridized carbons (Fsp3) is 0.208. The Labute approximate surface area is 180 Å². The van der Waals surface area contributed by atoms with Crippen molar-refractivity contribution in [3.05, 3.63) is 84.7 Å². The summed E-state index contributed by atoms with van der Waals surface area (Å²) in [5.74, 6) is 0.892. The molecule has 1 aromatic carbocycles. The van der Waals surface area contributed by atoms with Gasteiger partial charge in [0, 0.05) is 48.7 Å². The smallest absolute Gasteiger partial charge is 0.273 e. The van der Waals surface area contributed by atoms with E-state index in [1.807, 2.05) is 53.6 Å². The number of pyridine rings is 2. The van der Waals surface area contributed by atoms with Gasteiger partial charge in [0.1, 0.15) is 5.69 Å². The number of amides is 1. The number of nitrogens with zero attached hydrogens (tertiary/aromatic N) is 5. The lowest BCUT2D eigenvalue weighted by molar-refractivity contribution is 0.0708. The molecule has 4 heterocycles. The Balaban J connectivity index is 1.23. The number of carbonyl (C=O) groups excluding carboxylic acids is 1. The first-order chi connectivity index (χ1) is 15.3. The van der Waals surface area contributed by atoms with E-state index < -0.39 is 0 Å². The number of hydrogen-bond donors (Lipinski definition) is 1. The minimum atomic E-state index is 0.00520. The highest BCUT2D eigenvalue weighted by Crippen LogP contribution is 2.29. The van der Waals surface area contributed by atoms with Gasteiger partial charge in [0.05, 0.1) is 11.9 Å². The molecule has 1 saturated heterocycles. The number of likely N-dealkylation sites (tertiary alicyclic amines) is 1. The van der Waals surface area contributed by atoms with Gasteiger partial charge in [-0.05, 0) is 42.5 Å². The van der Waals surface area contributed by atoms with Gasteiger partial charge in [0.2, 0.25) is 5.95 Å². The Morgan fingerprint density at radius 1 is 0.871 bits per heavy atom. The van der Waals surface area contributed by atoms with Crippen LogP contribution < -0.4 is 5.32 Å². The van der Waals surface area contributed by atoms with Crippen molar-refractivity contribution < 1.29 is 4.79 Å². The highest BCUT2D eigenvalue weighted by atomic mass is 16.2. The van der Waals surface area contributed by atoms with Gasteiger partial charge >= 0.3 is 0 Å². The summed E-state index contributed by atoms with van der Waals surface area (Å²) in [7, 11) is 0. The largest absolute Gasteiger partial charge is 0.337 e. The van der Waals surface area contributed by atoms with E-state index in [1.165, 1.54) is 0 Å². The Morgan fingerprint density at radius 2 is 1.68 bits per heavy atom. The molecular weight excluding hydrogens is 388 g/mol. The zero-order chi connectivity index (χ0) is 21.0. The van der Waals surface area contributed by atoms with Crippen LogP contribution in [0.15, 0.2) is 73.3 Å². The van der Waals surface area contributed by atoms with E-state index in [1.54, 1.807) is 24.7 Å². The molecule has 4 aromatic rings. The second kappa shape index (κ2) is 8.47. The molecule has 1 N–H and O–H groups in total.